The van der Waals surface area contributed by atoms with Crippen molar-refractivity contribution in [3.05, 3.63) is 72.8 Å². The van der Waals surface area contributed by atoms with Crippen LogP contribution in [0.15, 0.2) is 67.3 Å². The summed E-state index contributed by atoms with van der Waals surface area (Å²) in [5, 5.41) is 0. The van der Waals surface area contributed by atoms with Crippen molar-refractivity contribution >= 4 is 12.4 Å². The van der Waals surface area contributed by atoms with E-state index in [4.69, 9.17) is 5.73 Å². The highest BCUT2D eigenvalue weighted by molar-refractivity contribution is 5.85. The van der Waals surface area contributed by atoms with Crippen LogP contribution in [-0.2, 0) is 0 Å². The minimum absolute atomic E-state index is 0. The minimum Gasteiger partial charge on any atom is -0.324 e. The van der Waals surface area contributed by atoms with Crippen LogP contribution in [-0.4, -0.2) is 0 Å². The summed E-state index contributed by atoms with van der Waals surface area (Å²) in [7, 11) is 0. The van der Waals surface area contributed by atoms with Gasteiger partial charge in [0, 0.05) is 6.04 Å². The SMILES string of the molecule is C=CC[C@@H](N)c1ccc(-c2ccccc2)cc1.Cl. The molecule has 0 bridgehead atoms. The van der Waals surface area contributed by atoms with Crippen molar-refractivity contribution in [2.75, 3.05) is 0 Å². The van der Waals surface area contributed by atoms with Crippen molar-refractivity contribution in [1.82, 2.24) is 0 Å². The predicted octanol–water partition coefficient (Wildman–Crippen LogP) is 4.35. The van der Waals surface area contributed by atoms with Gasteiger partial charge in [0.1, 0.15) is 0 Å². The fourth-order valence-corrected chi connectivity index (χ4v) is 1.87. The van der Waals surface area contributed by atoms with E-state index in [0.717, 1.165) is 12.0 Å². The summed E-state index contributed by atoms with van der Waals surface area (Å²) in [6, 6.07) is 18.8. The molecule has 0 unspecified atom stereocenters. The number of hydrogen-bond donors (Lipinski definition) is 1. The molecule has 2 aromatic rings. The molecule has 0 aliphatic heterocycles. The van der Waals surface area contributed by atoms with Crippen LogP contribution in [0.1, 0.15) is 18.0 Å². The summed E-state index contributed by atoms with van der Waals surface area (Å²) in [6.45, 7) is 3.71. The van der Waals surface area contributed by atoms with Gasteiger partial charge in [-0.3, -0.25) is 0 Å². The van der Waals surface area contributed by atoms with E-state index in [9.17, 15) is 0 Å². The van der Waals surface area contributed by atoms with Crippen LogP contribution in [0.4, 0.5) is 0 Å². The second-order valence-corrected chi connectivity index (χ2v) is 4.12. The average Bonchev–Trinajstić information content (AvgIpc) is 2.40. The lowest BCUT2D eigenvalue weighted by Gasteiger charge is -2.10. The third-order valence-corrected chi connectivity index (χ3v) is 2.87. The predicted molar refractivity (Wildman–Crippen MR) is 80.9 cm³/mol. The second-order valence-electron chi connectivity index (χ2n) is 4.12. The summed E-state index contributed by atoms with van der Waals surface area (Å²) >= 11 is 0. The summed E-state index contributed by atoms with van der Waals surface area (Å²) in [4.78, 5) is 0. The highest BCUT2D eigenvalue weighted by Crippen LogP contribution is 2.22. The molecule has 0 spiro atoms. The minimum atomic E-state index is 0. The fraction of sp³-hybridized carbons (Fsp3) is 0.125. The first-order valence-corrected chi connectivity index (χ1v) is 5.83. The van der Waals surface area contributed by atoms with Gasteiger partial charge >= 0.3 is 0 Å². The molecule has 0 saturated carbocycles. The highest BCUT2D eigenvalue weighted by Gasteiger charge is 2.03. The van der Waals surface area contributed by atoms with E-state index >= 15 is 0 Å². The lowest BCUT2D eigenvalue weighted by Crippen LogP contribution is -2.08. The van der Waals surface area contributed by atoms with Crippen LogP contribution in [0, 0.1) is 0 Å². The molecule has 0 saturated heterocycles. The first-order chi connectivity index (χ1) is 8.31. The molecule has 2 heteroatoms. The van der Waals surface area contributed by atoms with Crippen molar-refractivity contribution in [1.29, 1.82) is 0 Å². The Morgan fingerprint density at radius 1 is 0.944 bits per heavy atom. The van der Waals surface area contributed by atoms with Gasteiger partial charge < -0.3 is 5.73 Å². The van der Waals surface area contributed by atoms with Crippen LogP contribution in [0.25, 0.3) is 11.1 Å². The molecule has 94 valence electrons. The summed E-state index contributed by atoms with van der Waals surface area (Å²) in [5.41, 5.74) is 9.64. The molecule has 1 atom stereocenters. The Morgan fingerprint density at radius 3 is 2.06 bits per heavy atom. The highest BCUT2D eigenvalue weighted by atomic mass is 35.5. The maximum absolute atomic E-state index is 6.02. The fourth-order valence-electron chi connectivity index (χ4n) is 1.87. The second kappa shape index (κ2) is 7.00. The number of nitrogens with two attached hydrogens (primary N) is 1. The molecule has 0 heterocycles. The molecule has 2 aromatic carbocycles. The van der Waals surface area contributed by atoms with E-state index in [2.05, 4.69) is 43.0 Å². The quantitative estimate of drug-likeness (QED) is 0.812. The van der Waals surface area contributed by atoms with Crippen LogP contribution in [0.3, 0.4) is 0 Å². The Labute approximate surface area is 115 Å². The number of rotatable bonds is 4. The largest absolute Gasteiger partial charge is 0.324 e. The van der Waals surface area contributed by atoms with Gasteiger partial charge in [0.25, 0.3) is 0 Å². The molecule has 0 aromatic heterocycles. The molecular formula is C16H18ClN. The van der Waals surface area contributed by atoms with Gasteiger partial charge in [0.2, 0.25) is 0 Å². The smallest absolute Gasteiger partial charge is 0.0329 e. The van der Waals surface area contributed by atoms with E-state index in [0.29, 0.717) is 0 Å². The molecule has 0 radical (unpaired) electrons. The monoisotopic (exact) mass is 259 g/mol. The number of halogens is 1. The maximum Gasteiger partial charge on any atom is 0.0329 e. The van der Waals surface area contributed by atoms with Gasteiger partial charge in [-0.2, -0.15) is 0 Å². The molecule has 0 amide bonds. The van der Waals surface area contributed by atoms with Crippen molar-refractivity contribution in [3.8, 4) is 11.1 Å². The van der Waals surface area contributed by atoms with E-state index in [-0.39, 0.29) is 18.4 Å². The van der Waals surface area contributed by atoms with E-state index in [1.54, 1.807) is 0 Å². The first kappa shape index (κ1) is 14.5. The molecule has 18 heavy (non-hydrogen) atoms. The Balaban J connectivity index is 0.00000162. The van der Waals surface area contributed by atoms with E-state index < -0.39 is 0 Å². The standard InChI is InChI=1S/C16H17N.ClH/c1-2-6-16(17)15-11-9-14(10-12-15)13-7-4-3-5-8-13;/h2-5,7-12,16H,1,6,17H2;1H/t16-;/m1./s1. The number of benzene rings is 2. The van der Waals surface area contributed by atoms with Crippen molar-refractivity contribution in [2.45, 2.75) is 12.5 Å². The Kier molecular flexibility index (Phi) is 5.63. The molecule has 2 N–H and O–H groups in total. The Hall–Kier alpha value is -1.57. The van der Waals surface area contributed by atoms with E-state index in [1.165, 1.54) is 11.1 Å². The van der Waals surface area contributed by atoms with Gasteiger partial charge in [-0.1, -0.05) is 60.7 Å². The third kappa shape index (κ3) is 3.46. The van der Waals surface area contributed by atoms with Crippen LogP contribution in [0.2, 0.25) is 0 Å². The van der Waals surface area contributed by atoms with Crippen molar-refractivity contribution in [3.63, 3.8) is 0 Å². The normalized spacial score (nSPS) is 11.4. The third-order valence-electron chi connectivity index (χ3n) is 2.87. The summed E-state index contributed by atoms with van der Waals surface area (Å²) in [5.74, 6) is 0. The molecule has 0 fully saturated rings. The molecule has 1 nitrogen and oxygen atoms in total. The average molecular weight is 260 g/mol. The molecule has 0 aliphatic carbocycles. The summed E-state index contributed by atoms with van der Waals surface area (Å²) < 4.78 is 0. The number of hydrogen-bond acceptors (Lipinski definition) is 1. The molecule has 2 rings (SSSR count). The van der Waals surface area contributed by atoms with Crippen LogP contribution in [0.5, 0.6) is 0 Å². The zero-order valence-corrected chi connectivity index (χ0v) is 11.1. The Bertz CT molecular complexity index is 476. The molecule has 0 aliphatic rings. The molecular weight excluding hydrogens is 242 g/mol. The van der Waals surface area contributed by atoms with Gasteiger partial charge in [-0.05, 0) is 23.1 Å². The topological polar surface area (TPSA) is 26.0 Å². The van der Waals surface area contributed by atoms with Gasteiger partial charge in [0.15, 0.2) is 0 Å². The lowest BCUT2D eigenvalue weighted by molar-refractivity contribution is 0.742. The summed E-state index contributed by atoms with van der Waals surface area (Å²) in [6.07, 6.45) is 2.67. The van der Waals surface area contributed by atoms with Gasteiger partial charge in [-0.25, -0.2) is 0 Å². The van der Waals surface area contributed by atoms with Crippen molar-refractivity contribution in [2.24, 2.45) is 5.73 Å². The Morgan fingerprint density at radius 2 is 1.50 bits per heavy atom. The maximum atomic E-state index is 6.02. The zero-order chi connectivity index (χ0) is 12.1. The lowest BCUT2D eigenvalue weighted by atomic mass is 10.00. The van der Waals surface area contributed by atoms with Gasteiger partial charge in [-0.15, -0.1) is 19.0 Å². The van der Waals surface area contributed by atoms with Crippen molar-refractivity contribution < 1.29 is 0 Å². The van der Waals surface area contributed by atoms with Crippen LogP contribution < -0.4 is 5.73 Å². The van der Waals surface area contributed by atoms with Gasteiger partial charge in [0.05, 0.1) is 0 Å². The van der Waals surface area contributed by atoms with Crippen LogP contribution >= 0.6 is 12.4 Å². The zero-order valence-electron chi connectivity index (χ0n) is 10.3. The van der Waals surface area contributed by atoms with E-state index in [1.807, 2.05) is 24.3 Å². The first-order valence-electron chi connectivity index (χ1n) is 5.83.